The summed E-state index contributed by atoms with van der Waals surface area (Å²) in [6, 6.07) is 22.0. The molecule has 41 heavy (non-hydrogen) atoms. The van der Waals surface area contributed by atoms with Crippen LogP contribution in [0.25, 0.3) is 10.9 Å². The van der Waals surface area contributed by atoms with Gasteiger partial charge >= 0.3 is 0 Å². The number of nitrogens with one attached hydrogen (secondary N) is 1. The van der Waals surface area contributed by atoms with E-state index in [1.54, 1.807) is 13.3 Å². The maximum absolute atomic E-state index is 10.5. The largest absolute Gasteiger partial charge is 0.493 e. The van der Waals surface area contributed by atoms with Gasteiger partial charge in [0, 0.05) is 35.6 Å². The molecule has 5 rings (SSSR count). The van der Waals surface area contributed by atoms with Crippen LogP contribution in [0.5, 0.6) is 23.0 Å². The molecule has 0 spiro atoms. The number of likely N-dealkylation sites (tertiary alicyclic amines) is 1. The number of aromatic nitrogens is 1. The Bertz CT molecular complexity index is 1430. The van der Waals surface area contributed by atoms with Crippen LogP contribution in [0.15, 0.2) is 72.9 Å². The third-order valence-electron chi connectivity index (χ3n) is 7.46. The number of pyridine rings is 1. The Kier molecular flexibility index (Phi) is 8.96. The molecule has 2 heterocycles. The summed E-state index contributed by atoms with van der Waals surface area (Å²) in [6.07, 6.45) is 4.79. The molecule has 0 radical (unpaired) electrons. The van der Waals surface area contributed by atoms with Crippen LogP contribution in [0, 0.1) is 0 Å². The third kappa shape index (κ3) is 7.48. The molecule has 0 bridgehead atoms. The molecular weight excluding hydrogens is 514 g/mol. The maximum Gasteiger partial charge on any atom is 0.163 e. The van der Waals surface area contributed by atoms with Crippen LogP contribution in [0.3, 0.4) is 0 Å². The van der Waals surface area contributed by atoms with Crippen LogP contribution < -0.4 is 19.5 Å². The molecule has 3 aromatic carbocycles. The quantitative estimate of drug-likeness (QED) is 0.213. The molecule has 1 fully saturated rings. The predicted molar refractivity (Wildman–Crippen MR) is 165 cm³/mol. The number of piperidine rings is 1. The lowest BCUT2D eigenvalue weighted by Gasteiger charge is -2.28. The van der Waals surface area contributed by atoms with Gasteiger partial charge in [0.25, 0.3) is 0 Å². The summed E-state index contributed by atoms with van der Waals surface area (Å²) in [4.78, 5) is 6.82. The Morgan fingerprint density at radius 2 is 1.56 bits per heavy atom. The van der Waals surface area contributed by atoms with Crippen molar-refractivity contribution in [2.24, 2.45) is 0 Å². The predicted octanol–water partition coefficient (Wildman–Crippen LogP) is 7.30. The van der Waals surface area contributed by atoms with Gasteiger partial charge in [-0.15, -0.1) is 0 Å². The number of rotatable bonds is 10. The van der Waals surface area contributed by atoms with E-state index in [-0.39, 0.29) is 12.0 Å². The van der Waals surface area contributed by atoms with E-state index in [1.165, 1.54) is 24.8 Å². The summed E-state index contributed by atoms with van der Waals surface area (Å²) >= 11 is 0. The van der Waals surface area contributed by atoms with E-state index in [0.29, 0.717) is 29.5 Å². The van der Waals surface area contributed by atoms with Gasteiger partial charge in [0.15, 0.2) is 11.5 Å². The number of nitrogens with zero attached hydrogens (tertiary/aromatic N) is 2. The zero-order chi connectivity index (χ0) is 28.8. The Balaban J connectivity index is 1.25. The fourth-order valence-electron chi connectivity index (χ4n) is 5.12. The Labute approximate surface area is 243 Å². The fraction of sp³-hybridized carbons (Fsp3) is 0.382. The Hall–Kier alpha value is -3.81. The molecule has 216 valence electrons. The van der Waals surface area contributed by atoms with Gasteiger partial charge < -0.3 is 29.5 Å². The summed E-state index contributed by atoms with van der Waals surface area (Å²) in [7, 11) is 1.61. The SMILES string of the molecule is COc1cc2c(Oc3ccc(Nc4ccc(C(C)(C)C)cc4)cc3)ccnc2cc1OCC(O)CN1CCCCC1. The second-order valence-corrected chi connectivity index (χ2v) is 11.7. The van der Waals surface area contributed by atoms with Crippen LogP contribution >= 0.6 is 0 Å². The van der Waals surface area contributed by atoms with E-state index in [4.69, 9.17) is 14.2 Å². The van der Waals surface area contributed by atoms with Crippen molar-refractivity contribution in [1.82, 2.24) is 9.88 Å². The van der Waals surface area contributed by atoms with Gasteiger partial charge in [-0.3, -0.25) is 4.98 Å². The fourth-order valence-corrected chi connectivity index (χ4v) is 5.12. The number of ether oxygens (including phenoxy) is 3. The average Bonchev–Trinajstić information content (AvgIpc) is 2.97. The first-order valence-corrected chi connectivity index (χ1v) is 14.4. The molecule has 7 heteroatoms. The Morgan fingerprint density at radius 1 is 0.878 bits per heavy atom. The van der Waals surface area contributed by atoms with Gasteiger partial charge in [-0.05, 0) is 85.4 Å². The summed E-state index contributed by atoms with van der Waals surface area (Å²) in [6.45, 7) is 9.52. The van der Waals surface area contributed by atoms with E-state index in [2.05, 4.69) is 60.2 Å². The minimum absolute atomic E-state index is 0.127. The second-order valence-electron chi connectivity index (χ2n) is 11.7. The number of hydrogen-bond acceptors (Lipinski definition) is 7. The number of β-amino-alcohol motifs (C(OH)–C–C–N with tert-alkyl or cyclic N) is 1. The molecule has 1 aliphatic heterocycles. The Morgan fingerprint density at radius 3 is 2.22 bits per heavy atom. The van der Waals surface area contributed by atoms with E-state index in [0.717, 1.165) is 35.4 Å². The molecular formula is C34H41N3O4. The zero-order valence-corrected chi connectivity index (χ0v) is 24.5. The van der Waals surface area contributed by atoms with E-state index >= 15 is 0 Å². The van der Waals surface area contributed by atoms with E-state index < -0.39 is 6.10 Å². The van der Waals surface area contributed by atoms with Crippen molar-refractivity contribution in [3.63, 3.8) is 0 Å². The van der Waals surface area contributed by atoms with Gasteiger partial charge in [0.2, 0.25) is 0 Å². The molecule has 0 aliphatic carbocycles. The van der Waals surface area contributed by atoms with Crippen molar-refractivity contribution in [3.8, 4) is 23.0 Å². The number of aliphatic hydroxyl groups is 1. The van der Waals surface area contributed by atoms with Crippen molar-refractivity contribution >= 4 is 22.3 Å². The lowest BCUT2D eigenvalue weighted by Crippen LogP contribution is -2.38. The smallest absolute Gasteiger partial charge is 0.163 e. The highest BCUT2D eigenvalue weighted by atomic mass is 16.5. The number of fused-ring (bicyclic) bond motifs is 1. The van der Waals surface area contributed by atoms with Gasteiger partial charge in [0.1, 0.15) is 24.2 Å². The van der Waals surface area contributed by atoms with E-state index in [9.17, 15) is 5.11 Å². The van der Waals surface area contributed by atoms with Crippen LogP contribution in [0.1, 0.15) is 45.6 Å². The summed E-state index contributed by atoms with van der Waals surface area (Å²) in [5.74, 6) is 2.50. The molecule has 1 unspecified atom stereocenters. The lowest BCUT2D eigenvalue weighted by molar-refractivity contribution is 0.0609. The summed E-state index contributed by atoms with van der Waals surface area (Å²) < 4.78 is 17.9. The molecule has 1 atom stereocenters. The number of anilines is 2. The molecule has 0 saturated carbocycles. The highest BCUT2D eigenvalue weighted by molar-refractivity contribution is 5.88. The van der Waals surface area contributed by atoms with Crippen molar-refractivity contribution in [2.75, 3.05) is 38.7 Å². The standard InChI is InChI=1S/C34H41N3O4/c1-34(2,3)24-8-10-25(11-9-24)36-26-12-14-28(15-13-26)41-31-16-17-35-30-21-33(32(39-4)20-29(30)31)40-23-27(38)22-37-18-6-5-7-19-37/h8-17,20-21,27,36,38H,5-7,18-19,22-23H2,1-4H3. The first-order chi connectivity index (χ1) is 19.8. The molecule has 7 nitrogen and oxygen atoms in total. The van der Waals surface area contributed by atoms with Crippen molar-refractivity contribution in [3.05, 3.63) is 78.5 Å². The highest BCUT2D eigenvalue weighted by Crippen LogP contribution is 2.37. The van der Waals surface area contributed by atoms with Gasteiger partial charge in [-0.25, -0.2) is 0 Å². The second kappa shape index (κ2) is 12.8. The molecule has 0 amide bonds. The molecule has 1 saturated heterocycles. The van der Waals surface area contributed by atoms with Crippen molar-refractivity contribution in [1.29, 1.82) is 0 Å². The first-order valence-electron chi connectivity index (χ1n) is 14.4. The molecule has 1 aromatic heterocycles. The van der Waals surface area contributed by atoms with Crippen LogP contribution in [0.4, 0.5) is 11.4 Å². The van der Waals surface area contributed by atoms with Crippen molar-refractivity contribution in [2.45, 2.75) is 51.6 Å². The third-order valence-corrected chi connectivity index (χ3v) is 7.46. The average molecular weight is 556 g/mol. The molecule has 1 aliphatic rings. The first kappa shape index (κ1) is 28.7. The zero-order valence-electron chi connectivity index (χ0n) is 24.5. The van der Waals surface area contributed by atoms with Crippen LogP contribution in [-0.2, 0) is 5.41 Å². The van der Waals surface area contributed by atoms with Crippen molar-refractivity contribution < 1.29 is 19.3 Å². The number of methoxy groups -OCH3 is 1. The van der Waals surface area contributed by atoms with Gasteiger partial charge in [0.05, 0.1) is 12.6 Å². The molecule has 2 N–H and O–H groups in total. The highest BCUT2D eigenvalue weighted by Gasteiger charge is 2.17. The summed E-state index contributed by atoms with van der Waals surface area (Å²) in [5, 5.41) is 14.8. The number of aliphatic hydroxyl groups excluding tert-OH is 1. The normalized spacial score (nSPS) is 15.0. The van der Waals surface area contributed by atoms with E-state index in [1.807, 2.05) is 42.5 Å². The summed E-state index contributed by atoms with van der Waals surface area (Å²) in [5.41, 5.74) is 4.17. The topological polar surface area (TPSA) is 76.1 Å². The number of benzene rings is 3. The van der Waals surface area contributed by atoms with Crippen LogP contribution in [-0.4, -0.2) is 54.4 Å². The molecule has 4 aromatic rings. The van der Waals surface area contributed by atoms with Crippen LogP contribution in [0.2, 0.25) is 0 Å². The number of hydrogen-bond donors (Lipinski definition) is 2. The monoisotopic (exact) mass is 555 g/mol. The van der Waals surface area contributed by atoms with Gasteiger partial charge in [-0.1, -0.05) is 39.3 Å². The minimum atomic E-state index is -0.573. The van der Waals surface area contributed by atoms with Gasteiger partial charge in [-0.2, -0.15) is 0 Å². The lowest BCUT2D eigenvalue weighted by atomic mass is 9.87. The maximum atomic E-state index is 10.5. The minimum Gasteiger partial charge on any atom is -0.493 e.